The van der Waals surface area contributed by atoms with Crippen LogP contribution in [0, 0.1) is 0 Å². The van der Waals surface area contributed by atoms with Crippen molar-refractivity contribution in [1.29, 1.82) is 0 Å². The molecule has 2 aromatic heterocycles. The highest BCUT2D eigenvalue weighted by Crippen LogP contribution is 2.47. The number of imide groups is 1. The topological polar surface area (TPSA) is 143 Å². The fourth-order valence-corrected chi connectivity index (χ4v) is 7.43. The van der Waals surface area contributed by atoms with E-state index in [9.17, 15) is 27.6 Å². The highest BCUT2D eigenvalue weighted by Gasteiger charge is 2.38. The van der Waals surface area contributed by atoms with Gasteiger partial charge in [0.2, 0.25) is 0 Å². The number of anilines is 3. The number of piperazine rings is 1. The van der Waals surface area contributed by atoms with Gasteiger partial charge in [-0.1, -0.05) is 19.1 Å². The molecule has 4 heterocycles. The number of amides is 4. The third-order valence-electron chi connectivity index (χ3n) is 10.3. The lowest BCUT2D eigenvalue weighted by molar-refractivity contribution is -0.138. The number of halogens is 3. The van der Waals surface area contributed by atoms with Gasteiger partial charge < -0.3 is 34.3 Å². The van der Waals surface area contributed by atoms with Crippen LogP contribution in [0.5, 0.6) is 5.75 Å². The van der Waals surface area contributed by atoms with Crippen LogP contribution < -0.4 is 20.3 Å². The summed E-state index contributed by atoms with van der Waals surface area (Å²) >= 11 is 0. The first kappa shape index (κ1) is 41.7. The first-order valence-corrected chi connectivity index (χ1v) is 19.9. The lowest BCUT2D eigenvalue weighted by Crippen LogP contribution is -2.45. The lowest BCUT2D eigenvalue weighted by atomic mass is 9.97. The van der Waals surface area contributed by atoms with Crippen molar-refractivity contribution in [3.8, 4) is 16.9 Å². The van der Waals surface area contributed by atoms with Gasteiger partial charge in [-0.25, -0.2) is 24.4 Å². The highest BCUT2D eigenvalue weighted by atomic mass is 19.4. The van der Waals surface area contributed by atoms with Crippen LogP contribution in [-0.4, -0.2) is 93.1 Å². The molecule has 1 aliphatic carbocycles. The van der Waals surface area contributed by atoms with Crippen molar-refractivity contribution in [2.45, 2.75) is 97.7 Å². The predicted octanol–water partition coefficient (Wildman–Crippen LogP) is 8.85. The third-order valence-corrected chi connectivity index (χ3v) is 10.3. The van der Waals surface area contributed by atoms with Crippen molar-refractivity contribution in [2.24, 2.45) is 0 Å². The molecule has 0 atom stereocenters. The molecule has 17 heteroatoms. The molecular weight excluding hydrogens is 770 g/mol. The minimum Gasteiger partial charge on any atom is -0.491 e. The zero-order valence-corrected chi connectivity index (χ0v) is 34.5. The summed E-state index contributed by atoms with van der Waals surface area (Å²) < 4.78 is 62.3. The van der Waals surface area contributed by atoms with Crippen LogP contribution in [0.4, 0.5) is 44.7 Å². The fraction of sp³-hybridized carbons (Fsp3) is 0.500. The summed E-state index contributed by atoms with van der Waals surface area (Å²) in [5, 5.41) is 5.74. The SMILES string of the molecule is CCN1CCN(Cc2ccc(NC(=O)Nc3ccc(-c4cn(C5CC5)c5ncnc(N(C(=O)OC(C)(C)C)C(=O)OC(C)(C)C)c45)c4c3OCC4)cc2C(F)(F)F)CC1. The maximum atomic E-state index is 14.3. The summed E-state index contributed by atoms with van der Waals surface area (Å²) in [7, 11) is 0. The fourth-order valence-electron chi connectivity index (χ4n) is 7.43. The Morgan fingerprint density at radius 1 is 0.881 bits per heavy atom. The molecule has 1 saturated heterocycles. The molecule has 4 amide bonds. The molecule has 2 N–H and O–H groups in total. The third kappa shape index (κ3) is 9.41. The van der Waals surface area contributed by atoms with Crippen LogP contribution >= 0.6 is 0 Å². The van der Waals surface area contributed by atoms with Crippen molar-refractivity contribution >= 4 is 46.4 Å². The molecule has 0 spiro atoms. The van der Waals surface area contributed by atoms with Crippen molar-refractivity contribution in [2.75, 3.05) is 54.9 Å². The number of nitrogens with zero attached hydrogens (tertiary/aromatic N) is 6. The quantitative estimate of drug-likeness (QED) is 0.177. The number of benzene rings is 2. The summed E-state index contributed by atoms with van der Waals surface area (Å²) in [6.07, 6.45) is -1.08. The van der Waals surface area contributed by atoms with Gasteiger partial charge in [-0.3, -0.25) is 4.90 Å². The monoisotopic (exact) mass is 820 g/mol. The second-order valence-electron chi connectivity index (χ2n) is 17.1. The molecule has 0 bridgehead atoms. The van der Waals surface area contributed by atoms with Gasteiger partial charge in [0, 0.05) is 68.2 Å². The van der Waals surface area contributed by atoms with Gasteiger partial charge in [0.1, 0.15) is 28.9 Å². The summed E-state index contributed by atoms with van der Waals surface area (Å²) in [6.45, 7) is 16.5. The van der Waals surface area contributed by atoms with Crippen LogP contribution in [0.2, 0.25) is 0 Å². The molecule has 2 fully saturated rings. The van der Waals surface area contributed by atoms with Crippen molar-refractivity contribution in [3.63, 3.8) is 0 Å². The maximum Gasteiger partial charge on any atom is 0.425 e. The zero-order chi connectivity index (χ0) is 42.4. The van der Waals surface area contributed by atoms with E-state index < -0.39 is 41.2 Å². The Morgan fingerprint density at radius 3 is 2.15 bits per heavy atom. The molecule has 316 valence electrons. The van der Waals surface area contributed by atoms with Gasteiger partial charge >= 0.3 is 24.4 Å². The minimum atomic E-state index is -4.62. The largest absolute Gasteiger partial charge is 0.491 e. The number of nitrogens with one attached hydrogen (secondary N) is 2. The van der Waals surface area contributed by atoms with Crippen molar-refractivity contribution in [3.05, 3.63) is 59.5 Å². The Kier molecular flexibility index (Phi) is 11.3. The van der Waals surface area contributed by atoms with E-state index in [-0.39, 0.29) is 29.7 Å². The highest BCUT2D eigenvalue weighted by molar-refractivity contribution is 6.16. The Bertz CT molecular complexity index is 2220. The number of likely N-dealkylation sites (N-methyl/N-ethyl adjacent to an activating group) is 1. The van der Waals surface area contributed by atoms with Gasteiger partial charge in [-0.2, -0.15) is 18.1 Å². The molecule has 0 radical (unpaired) electrons. The number of hydrogen-bond acceptors (Lipinski definition) is 10. The predicted molar refractivity (Wildman–Crippen MR) is 217 cm³/mol. The summed E-state index contributed by atoms with van der Waals surface area (Å²) in [4.78, 5) is 55.1. The van der Waals surface area contributed by atoms with E-state index >= 15 is 0 Å². The standard InChI is InChI=1S/C42H51F3N8O6/c1-8-50-16-18-51(19-17-50)22-25-9-10-26(21-31(25)42(43,44)45)48-37(54)49-32-14-13-28(29-15-20-57-34(29)32)30-23-52(27-11-12-27)35-33(30)36(47-24-46-35)53(38(55)58-40(2,3)4)39(56)59-41(5,6)7/h9-10,13-14,21,23-24,27H,8,11-12,15-20,22H2,1-7H3,(H2,48,49,54). The van der Waals surface area contributed by atoms with Gasteiger partial charge in [0.25, 0.3) is 0 Å². The van der Waals surface area contributed by atoms with Crippen LogP contribution in [0.3, 0.4) is 0 Å². The van der Waals surface area contributed by atoms with E-state index in [0.717, 1.165) is 49.0 Å². The van der Waals surface area contributed by atoms with Crippen LogP contribution in [0.25, 0.3) is 22.2 Å². The van der Waals surface area contributed by atoms with E-state index in [2.05, 4.69) is 32.4 Å². The van der Waals surface area contributed by atoms with E-state index in [1.54, 1.807) is 53.7 Å². The van der Waals surface area contributed by atoms with E-state index in [4.69, 9.17) is 14.2 Å². The molecule has 3 aliphatic rings. The maximum absolute atomic E-state index is 14.3. The molecular formula is C42H51F3N8O6. The van der Waals surface area contributed by atoms with Gasteiger partial charge in [-0.05, 0) is 90.3 Å². The first-order chi connectivity index (χ1) is 27.8. The summed E-state index contributed by atoms with van der Waals surface area (Å²) in [5.41, 5.74) is 0.288. The smallest absolute Gasteiger partial charge is 0.425 e. The molecule has 0 unspecified atom stereocenters. The first-order valence-electron chi connectivity index (χ1n) is 19.9. The number of ether oxygens (including phenoxy) is 3. The zero-order valence-electron chi connectivity index (χ0n) is 34.5. The Morgan fingerprint density at radius 2 is 1.54 bits per heavy atom. The van der Waals surface area contributed by atoms with Gasteiger partial charge in [0.05, 0.1) is 23.2 Å². The number of carbonyl (C=O) groups excluding carboxylic acids is 3. The molecule has 59 heavy (non-hydrogen) atoms. The second kappa shape index (κ2) is 16.0. The van der Waals surface area contributed by atoms with E-state index in [0.29, 0.717) is 59.7 Å². The average molecular weight is 821 g/mol. The molecule has 4 aromatic rings. The number of fused-ring (bicyclic) bond motifs is 2. The van der Waals surface area contributed by atoms with Crippen molar-refractivity contribution < 1.29 is 41.8 Å². The molecule has 1 saturated carbocycles. The van der Waals surface area contributed by atoms with Crippen molar-refractivity contribution in [1.82, 2.24) is 24.3 Å². The Hall–Kier alpha value is -5.42. The second-order valence-corrected chi connectivity index (χ2v) is 17.1. The van der Waals surface area contributed by atoms with Gasteiger partial charge in [0.15, 0.2) is 5.82 Å². The molecule has 2 aliphatic heterocycles. The van der Waals surface area contributed by atoms with E-state index in [1.807, 2.05) is 15.7 Å². The average Bonchev–Trinajstić information content (AvgIpc) is 3.72. The molecule has 2 aromatic carbocycles. The normalized spacial score (nSPS) is 16.4. The van der Waals surface area contributed by atoms with Crippen LogP contribution in [0.15, 0.2) is 42.9 Å². The molecule has 14 nitrogen and oxygen atoms in total. The number of aromatic nitrogens is 3. The molecule has 7 rings (SSSR count). The number of carbonyl (C=O) groups is 3. The number of alkyl halides is 3. The van der Waals surface area contributed by atoms with E-state index in [1.165, 1.54) is 18.5 Å². The Labute approximate surface area is 341 Å². The number of rotatable bonds is 8. The van der Waals surface area contributed by atoms with Gasteiger partial charge in [-0.15, -0.1) is 0 Å². The number of urea groups is 1. The van der Waals surface area contributed by atoms with Crippen LogP contribution in [-0.2, 0) is 28.6 Å². The minimum absolute atomic E-state index is 0.0106. The summed E-state index contributed by atoms with van der Waals surface area (Å²) in [6, 6.07) is 6.68. The Balaban J connectivity index is 1.20. The summed E-state index contributed by atoms with van der Waals surface area (Å²) in [5.74, 6) is 0.361. The lowest BCUT2D eigenvalue weighted by Gasteiger charge is -2.34. The number of hydrogen-bond donors (Lipinski definition) is 2. The van der Waals surface area contributed by atoms with Crippen LogP contribution in [0.1, 0.15) is 84.0 Å².